The average Bonchev–Trinajstić information content (AvgIpc) is 2.75. The topological polar surface area (TPSA) is 71.1 Å². The Balaban J connectivity index is 2.13. The quantitative estimate of drug-likeness (QED) is 0.437. The standard InChI is InChI=1S/C23H24O6/c1-26-20-11-7-16(13-22(20)28-3)5-9-18(24)15-19(25)10-6-17-8-12-21(27-2)23(14-17)29-4/h5-14H,15H2,1-4H3/i1D3,2D3,3D3,4D3. The fourth-order valence-corrected chi connectivity index (χ4v) is 2.25. The summed E-state index contributed by atoms with van der Waals surface area (Å²) in [4.78, 5) is 24.6. The third-order valence-corrected chi connectivity index (χ3v) is 3.65. The molecule has 0 saturated carbocycles. The lowest BCUT2D eigenvalue weighted by molar-refractivity contribution is -0.121. The molecule has 0 bridgehead atoms. The molecular weight excluding hydrogens is 372 g/mol. The molecule has 6 nitrogen and oxygen atoms in total. The fraction of sp³-hybridized carbons (Fsp3) is 0.217. The first-order chi connectivity index (χ1) is 18.6. The van der Waals surface area contributed by atoms with Crippen molar-refractivity contribution in [2.75, 3.05) is 28.2 Å². The maximum Gasteiger partial charge on any atom is 0.163 e. The number of allylic oxidation sites excluding steroid dienone is 2. The predicted molar refractivity (Wildman–Crippen MR) is 112 cm³/mol. The van der Waals surface area contributed by atoms with Crippen molar-refractivity contribution in [3.8, 4) is 23.0 Å². The van der Waals surface area contributed by atoms with E-state index >= 15 is 0 Å². The highest BCUT2D eigenvalue weighted by Crippen LogP contribution is 2.28. The molecule has 0 aliphatic heterocycles. The van der Waals surface area contributed by atoms with Crippen LogP contribution < -0.4 is 18.9 Å². The maximum absolute atomic E-state index is 12.3. The molecule has 0 N–H and O–H groups in total. The van der Waals surface area contributed by atoms with Crippen LogP contribution in [0.3, 0.4) is 0 Å². The second-order valence-electron chi connectivity index (χ2n) is 5.60. The van der Waals surface area contributed by atoms with Gasteiger partial charge >= 0.3 is 0 Å². The van der Waals surface area contributed by atoms with Crippen LogP contribution in [0.1, 0.15) is 34.0 Å². The van der Waals surface area contributed by atoms with Gasteiger partial charge in [-0.15, -0.1) is 0 Å². The predicted octanol–water partition coefficient (Wildman–Crippen LogP) is 3.98. The summed E-state index contributed by atoms with van der Waals surface area (Å²) in [6.07, 6.45) is 4.05. The lowest BCUT2D eigenvalue weighted by Crippen LogP contribution is -2.02. The number of hydrogen-bond acceptors (Lipinski definition) is 6. The van der Waals surface area contributed by atoms with Crippen molar-refractivity contribution >= 4 is 23.7 Å². The lowest BCUT2D eigenvalue weighted by Gasteiger charge is -2.07. The van der Waals surface area contributed by atoms with Gasteiger partial charge in [0.1, 0.15) is 0 Å². The molecule has 0 radical (unpaired) electrons. The van der Waals surface area contributed by atoms with Crippen LogP contribution in [0.25, 0.3) is 12.2 Å². The minimum Gasteiger partial charge on any atom is -0.493 e. The number of rotatable bonds is 10. The van der Waals surface area contributed by atoms with Crippen molar-refractivity contribution < 1.29 is 45.0 Å². The Morgan fingerprint density at radius 1 is 0.724 bits per heavy atom. The van der Waals surface area contributed by atoms with Crippen LogP contribution in [-0.4, -0.2) is 39.7 Å². The van der Waals surface area contributed by atoms with Crippen LogP contribution in [0, 0.1) is 0 Å². The molecule has 29 heavy (non-hydrogen) atoms. The van der Waals surface area contributed by atoms with Gasteiger partial charge in [-0.2, -0.15) is 0 Å². The first-order valence-corrected chi connectivity index (χ1v) is 8.05. The van der Waals surface area contributed by atoms with E-state index in [1.165, 1.54) is 24.3 Å². The van der Waals surface area contributed by atoms with E-state index in [-0.39, 0.29) is 22.6 Å². The van der Waals surface area contributed by atoms with Crippen LogP contribution in [0.15, 0.2) is 48.6 Å². The fourth-order valence-electron chi connectivity index (χ4n) is 2.25. The van der Waals surface area contributed by atoms with Crippen LogP contribution >= 0.6 is 0 Å². The van der Waals surface area contributed by atoms with Gasteiger partial charge in [-0.25, -0.2) is 0 Å². The van der Waals surface area contributed by atoms with Crippen molar-refractivity contribution in [3.63, 3.8) is 0 Å². The number of benzene rings is 2. The van der Waals surface area contributed by atoms with Crippen LogP contribution in [-0.2, 0) is 9.59 Å². The summed E-state index contributed by atoms with van der Waals surface area (Å²) in [5.74, 6) is -2.76. The summed E-state index contributed by atoms with van der Waals surface area (Å²) in [7, 11) is -11.6. The number of carbonyl (C=O) groups is 2. The SMILES string of the molecule is [2H]C([2H])([2H])Oc1ccc(C=CC(=O)CC(=O)C=Cc2ccc(OC([2H])([2H])[2H])c(OC([2H])([2H])[2H])c2)cc1OC([2H])([2H])[2H]. The van der Waals surface area contributed by atoms with Gasteiger partial charge in [-0.3, -0.25) is 9.59 Å². The zero-order chi connectivity index (χ0) is 31.2. The van der Waals surface area contributed by atoms with E-state index in [1.807, 2.05) is 0 Å². The zero-order valence-electron chi connectivity index (χ0n) is 26.9. The molecule has 2 rings (SSSR count). The first kappa shape index (κ1) is 10.3. The van der Waals surface area contributed by atoms with Gasteiger partial charge in [0, 0.05) is 0 Å². The molecule has 0 saturated heterocycles. The Morgan fingerprint density at radius 3 is 1.55 bits per heavy atom. The molecule has 6 heteroatoms. The van der Waals surface area contributed by atoms with E-state index in [4.69, 9.17) is 35.4 Å². The van der Waals surface area contributed by atoms with Crippen LogP contribution in [0.4, 0.5) is 0 Å². The number of carbonyl (C=O) groups excluding carboxylic acids is 2. The Kier molecular flexibility index (Phi) is 3.80. The van der Waals surface area contributed by atoms with E-state index in [2.05, 4.69) is 0 Å². The Hall–Kier alpha value is -3.54. The van der Waals surface area contributed by atoms with Gasteiger partial charge in [0.25, 0.3) is 0 Å². The van der Waals surface area contributed by atoms with E-state index in [0.29, 0.717) is 0 Å². The molecule has 2 aromatic carbocycles. The summed E-state index contributed by atoms with van der Waals surface area (Å²) in [5, 5.41) is 0. The van der Waals surface area contributed by atoms with Crippen molar-refractivity contribution in [2.45, 2.75) is 6.42 Å². The number of ketones is 2. The Labute approximate surface area is 187 Å². The van der Waals surface area contributed by atoms with Gasteiger partial charge in [-0.1, -0.05) is 24.3 Å². The second kappa shape index (κ2) is 10.7. The highest BCUT2D eigenvalue weighted by molar-refractivity contribution is 6.10. The molecule has 0 aromatic heterocycles. The smallest absolute Gasteiger partial charge is 0.163 e. The maximum atomic E-state index is 12.3. The zero-order valence-corrected chi connectivity index (χ0v) is 14.9. The molecule has 0 heterocycles. The molecule has 2 aromatic rings. The van der Waals surface area contributed by atoms with Gasteiger partial charge < -0.3 is 18.9 Å². The minimum absolute atomic E-state index is 0.250. The van der Waals surface area contributed by atoms with Gasteiger partial charge in [0.15, 0.2) is 34.6 Å². The van der Waals surface area contributed by atoms with E-state index < -0.39 is 57.6 Å². The summed E-state index contributed by atoms with van der Waals surface area (Å²) in [5.41, 5.74) is 0.499. The third kappa shape index (κ3) is 6.24. The van der Waals surface area contributed by atoms with Crippen LogP contribution in [0.5, 0.6) is 23.0 Å². The lowest BCUT2D eigenvalue weighted by atomic mass is 10.1. The monoisotopic (exact) mass is 408 g/mol. The Bertz CT molecular complexity index is 1200. The molecule has 0 aliphatic carbocycles. The Morgan fingerprint density at radius 2 is 1.14 bits per heavy atom. The molecular formula is C23H24O6. The summed E-state index contributed by atoms with van der Waals surface area (Å²) in [6, 6.07) is 7.30. The van der Waals surface area contributed by atoms with Gasteiger partial charge in [0.05, 0.1) is 51.0 Å². The number of methoxy groups -OCH3 is 4. The summed E-state index contributed by atoms with van der Waals surface area (Å²) in [6.45, 7) is 0. The van der Waals surface area contributed by atoms with Crippen LogP contribution in [0.2, 0.25) is 0 Å². The first-order valence-electron chi connectivity index (χ1n) is 14.0. The highest BCUT2D eigenvalue weighted by atomic mass is 16.5. The average molecular weight is 409 g/mol. The molecule has 0 atom stereocenters. The molecule has 0 fully saturated rings. The number of ether oxygens (including phenoxy) is 4. The van der Waals surface area contributed by atoms with Crippen molar-refractivity contribution in [3.05, 3.63) is 59.7 Å². The van der Waals surface area contributed by atoms with Gasteiger partial charge in [-0.05, 0) is 47.5 Å². The molecule has 0 unspecified atom stereocenters. The molecule has 0 spiro atoms. The third-order valence-electron chi connectivity index (χ3n) is 3.65. The van der Waals surface area contributed by atoms with E-state index in [1.54, 1.807) is 0 Å². The van der Waals surface area contributed by atoms with Crippen molar-refractivity contribution in [1.29, 1.82) is 0 Å². The van der Waals surface area contributed by atoms with E-state index in [9.17, 15) is 9.59 Å². The summed E-state index contributed by atoms with van der Waals surface area (Å²) >= 11 is 0. The molecule has 152 valence electrons. The second-order valence-corrected chi connectivity index (χ2v) is 5.60. The minimum atomic E-state index is -2.91. The van der Waals surface area contributed by atoms with E-state index in [0.717, 1.165) is 36.4 Å². The van der Waals surface area contributed by atoms with Crippen molar-refractivity contribution in [1.82, 2.24) is 0 Å². The largest absolute Gasteiger partial charge is 0.493 e. The van der Waals surface area contributed by atoms with Crippen molar-refractivity contribution in [2.24, 2.45) is 0 Å². The van der Waals surface area contributed by atoms with Gasteiger partial charge in [0.2, 0.25) is 0 Å². The normalized spacial score (nSPS) is 18.8. The number of hydrogen-bond donors (Lipinski definition) is 0. The summed E-state index contributed by atoms with van der Waals surface area (Å²) < 4.78 is 106. The molecule has 0 aliphatic rings. The highest BCUT2D eigenvalue weighted by Gasteiger charge is 2.07. The molecule has 0 amide bonds.